The van der Waals surface area contributed by atoms with E-state index in [1.54, 1.807) is 0 Å². The van der Waals surface area contributed by atoms with Gasteiger partial charge in [0.2, 0.25) is 0 Å². The van der Waals surface area contributed by atoms with Gasteiger partial charge in [0.1, 0.15) is 0 Å². The fourth-order valence-corrected chi connectivity index (χ4v) is 14.0. The van der Waals surface area contributed by atoms with Crippen molar-refractivity contribution in [3.05, 3.63) is 127 Å². The summed E-state index contributed by atoms with van der Waals surface area (Å²) in [4.78, 5) is 13.0. The molecule has 0 aliphatic carbocycles. The Bertz CT molecular complexity index is 1070. The second-order valence-corrected chi connectivity index (χ2v) is 16.2. The molecule has 0 heterocycles. The van der Waals surface area contributed by atoms with E-state index in [2.05, 4.69) is 48.2 Å². The molecule has 30 heavy (non-hydrogen) atoms. The Morgan fingerprint density at radius 2 is 0.933 bits per heavy atom. The summed E-state index contributed by atoms with van der Waals surface area (Å²) >= 11 is -4.09. The Balaban J connectivity index is 1.85. The van der Waals surface area contributed by atoms with E-state index >= 15 is 0 Å². The fourth-order valence-electron chi connectivity index (χ4n) is 3.50. The molecule has 2 nitrogen and oxygen atoms in total. The van der Waals surface area contributed by atoms with E-state index in [4.69, 9.17) is 3.07 Å². The van der Waals surface area contributed by atoms with Crippen molar-refractivity contribution in [2.75, 3.05) is 0 Å². The van der Waals surface area contributed by atoms with Crippen LogP contribution in [0, 0.1) is 11.8 Å². The van der Waals surface area contributed by atoms with Crippen LogP contribution < -0.4 is 10.7 Å². The number of carbonyl (C=O) groups is 1. The molecule has 4 rings (SSSR count). The van der Waals surface area contributed by atoms with Crippen molar-refractivity contribution in [3.63, 3.8) is 0 Å². The van der Waals surface area contributed by atoms with E-state index in [9.17, 15) is 4.79 Å². The molecule has 0 N–H and O–H groups in total. The summed E-state index contributed by atoms with van der Waals surface area (Å²) in [5.41, 5.74) is 0.786. The van der Waals surface area contributed by atoms with E-state index in [0.29, 0.717) is 0 Å². The van der Waals surface area contributed by atoms with E-state index in [0.717, 1.165) is 16.3 Å². The summed E-state index contributed by atoms with van der Waals surface area (Å²) in [6.45, 7) is 0. The van der Waals surface area contributed by atoms with Crippen molar-refractivity contribution >= 4 is 35.5 Å². The standard InChI is InChI=1S/C9H6O2.3C6H5.Sn/c10-9(11)7-6-8-4-2-1-3-5-8;3*1-2-4-6-5-3-1;/h1-5H,(H,10,11);3*1-5H;/q;;;;+1/p-1. The summed E-state index contributed by atoms with van der Waals surface area (Å²) in [6.07, 6.45) is 0. The van der Waals surface area contributed by atoms with Crippen molar-refractivity contribution in [3.8, 4) is 11.8 Å². The molecular formula is C27H20O2Sn. The molecule has 0 unspecified atom stereocenters. The van der Waals surface area contributed by atoms with Crippen LogP contribution in [0.25, 0.3) is 0 Å². The molecule has 0 aliphatic heterocycles. The van der Waals surface area contributed by atoms with Crippen molar-refractivity contribution in [1.82, 2.24) is 0 Å². The molecule has 0 aromatic heterocycles. The van der Waals surface area contributed by atoms with Gasteiger partial charge in [-0.25, -0.2) is 0 Å². The fraction of sp³-hybridized carbons (Fsp3) is 0. The van der Waals surface area contributed by atoms with Crippen molar-refractivity contribution in [2.24, 2.45) is 0 Å². The molecule has 0 radical (unpaired) electrons. The molecule has 0 saturated carbocycles. The Labute approximate surface area is 181 Å². The minimum atomic E-state index is -4.09. The Morgan fingerprint density at radius 3 is 1.33 bits per heavy atom. The van der Waals surface area contributed by atoms with Gasteiger partial charge < -0.3 is 0 Å². The Kier molecular flexibility index (Phi) is 6.31. The van der Waals surface area contributed by atoms with Crippen LogP contribution in [0.4, 0.5) is 0 Å². The van der Waals surface area contributed by atoms with Gasteiger partial charge in [0.15, 0.2) is 0 Å². The maximum atomic E-state index is 13.0. The van der Waals surface area contributed by atoms with E-state index in [1.807, 2.05) is 84.9 Å². The SMILES string of the molecule is O=C(C#Cc1ccccc1)[O][Sn]([c]1ccccc1)([c]1ccccc1)[c]1ccccc1. The van der Waals surface area contributed by atoms with Gasteiger partial charge in [-0.2, -0.15) is 0 Å². The third-order valence-corrected chi connectivity index (χ3v) is 16.1. The van der Waals surface area contributed by atoms with Crippen LogP contribution in [0.15, 0.2) is 121 Å². The van der Waals surface area contributed by atoms with E-state index in [1.165, 1.54) is 0 Å². The van der Waals surface area contributed by atoms with Crippen molar-refractivity contribution in [2.45, 2.75) is 0 Å². The summed E-state index contributed by atoms with van der Waals surface area (Å²) < 4.78 is 9.62. The molecule has 4 aromatic carbocycles. The maximum absolute atomic E-state index is 13.0. The quantitative estimate of drug-likeness (QED) is 0.321. The summed E-state index contributed by atoms with van der Waals surface area (Å²) in [5, 5.41) is 0. The molecule has 3 heteroatoms. The van der Waals surface area contributed by atoms with Gasteiger partial charge in [0.25, 0.3) is 0 Å². The van der Waals surface area contributed by atoms with Gasteiger partial charge in [-0.15, -0.1) is 0 Å². The second-order valence-electron chi connectivity index (χ2n) is 6.78. The first kappa shape index (κ1) is 20.0. The second kappa shape index (κ2) is 9.47. The van der Waals surface area contributed by atoms with Crippen LogP contribution in [0.5, 0.6) is 0 Å². The molecule has 0 amide bonds. The number of rotatable bonds is 4. The minimum absolute atomic E-state index is 0.494. The van der Waals surface area contributed by atoms with Gasteiger partial charge in [-0.05, 0) is 0 Å². The van der Waals surface area contributed by atoms with Gasteiger partial charge in [0.05, 0.1) is 0 Å². The summed E-state index contributed by atoms with van der Waals surface area (Å²) in [5.74, 6) is 5.14. The Morgan fingerprint density at radius 1 is 0.567 bits per heavy atom. The summed E-state index contributed by atoms with van der Waals surface area (Å²) in [7, 11) is 0. The van der Waals surface area contributed by atoms with Gasteiger partial charge in [-0.1, -0.05) is 0 Å². The zero-order chi connectivity index (χ0) is 20.7. The predicted molar refractivity (Wildman–Crippen MR) is 123 cm³/mol. The molecule has 0 fully saturated rings. The number of hydrogen-bond acceptors (Lipinski definition) is 2. The molecule has 0 bridgehead atoms. The van der Waals surface area contributed by atoms with Crippen LogP contribution >= 0.6 is 0 Å². The van der Waals surface area contributed by atoms with Gasteiger partial charge in [0, 0.05) is 0 Å². The number of carbonyl (C=O) groups excluding carboxylic acids is 1. The van der Waals surface area contributed by atoms with Gasteiger partial charge in [-0.3, -0.25) is 0 Å². The van der Waals surface area contributed by atoms with Crippen LogP contribution in [0.1, 0.15) is 5.56 Å². The topological polar surface area (TPSA) is 26.3 Å². The Hall–Kier alpha value is -3.29. The normalized spacial score (nSPS) is 10.5. The van der Waals surface area contributed by atoms with Crippen LogP contribution in [0.3, 0.4) is 0 Å². The monoisotopic (exact) mass is 496 g/mol. The zero-order valence-corrected chi connectivity index (χ0v) is 19.2. The van der Waals surface area contributed by atoms with E-state index < -0.39 is 24.8 Å². The average molecular weight is 495 g/mol. The third kappa shape index (κ3) is 4.32. The zero-order valence-electron chi connectivity index (χ0n) is 16.4. The third-order valence-electron chi connectivity index (χ3n) is 4.87. The first-order chi connectivity index (χ1) is 14.8. The molecule has 144 valence electrons. The first-order valence-electron chi connectivity index (χ1n) is 9.76. The van der Waals surface area contributed by atoms with Gasteiger partial charge >= 0.3 is 182 Å². The van der Waals surface area contributed by atoms with E-state index in [-0.39, 0.29) is 0 Å². The predicted octanol–water partition coefficient (Wildman–Crippen LogP) is 3.25. The molecule has 4 aromatic rings. The van der Waals surface area contributed by atoms with Crippen LogP contribution in [-0.4, -0.2) is 24.8 Å². The van der Waals surface area contributed by atoms with Crippen molar-refractivity contribution in [1.29, 1.82) is 0 Å². The van der Waals surface area contributed by atoms with Crippen LogP contribution in [-0.2, 0) is 7.87 Å². The average Bonchev–Trinajstić information content (AvgIpc) is 2.83. The summed E-state index contributed by atoms with van der Waals surface area (Å²) in [6, 6.07) is 39.8. The molecule has 0 spiro atoms. The molecular weight excluding hydrogens is 475 g/mol. The molecule has 0 saturated heterocycles. The number of hydrogen-bond donors (Lipinski definition) is 0. The van der Waals surface area contributed by atoms with Crippen LogP contribution in [0.2, 0.25) is 0 Å². The molecule has 0 atom stereocenters. The number of benzene rings is 4. The first-order valence-corrected chi connectivity index (χ1v) is 15.2. The van der Waals surface area contributed by atoms with Crippen molar-refractivity contribution < 1.29 is 7.87 Å². The molecule has 0 aliphatic rings.